The van der Waals surface area contributed by atoms with Gasteiger partial charge in [-0.2, -0.15) is 0 Å². The molecule has 2 aromatic rings. The predicted octanol–water partition coefficient (Wildman–Crippen LogP) is 1.51. The fraction of sp³-hybridized carbons (Fsp3) is 0.222. The van der Waals surface area contributed by atoms with Crippen molar-refractivity contribution < 1.29 is 0 Å². The van der Waals surface area contributed by atoms with Crippen molar-refractivity contribution in [2.24, 2.45) is 5.73 Å². The summed E-state index contributed by atoms with van der Waals surface area (Å²) in [5.74, 6) is 0. The molecule has 2 N–H and O–H groups in total. The van der Waals surface area contributed by atoms with Gasteiger partial charge in [-0.25, -0.2) is 0 Å². The van der Waals surface area contributed by atoms with Gasteiger partial charge in [0.1, 0.15) is 0 Å². The molecule has 2 heterocycles. The number of fused-ring (bicyclic) bond motifs is 1. The SMILES string of the molecule is CC(N)n1ccc2cnccc21. The molecule has 0 fully saturated rings. The van der Waals surface area contributed by atoms with Gasteiger partial charge in [-0.05, 0) is 19.1 Å². The van der Waals surface area contributed by atoms with E-state index < -0.39 is 0 Å². The van der Waals surface area contributed by atoms with Crippen LogP contribution in [0.15, 0.2) is 30.7 Å². The highest BCUT2D eigenvalue weighted by molar-refractivity contribution is 5.78. The van der Waals surface area contributed by atoms with Crippen molar-refractivity contribution in [3.05, 3.63) is 30.7 Å². The van der Waals surface area contributed by atoms with E-state index in [1.165, 1.54) is 0 Å². The number of hydrogen-bond donors (Lipinski definition) is 1. The predicted molar refractivity (Wildman–Crippen MR) is 48.6 cm³/mol. The van der Waals surface area contributed by atoms with Gasteiger partial charge < -0.3 is 10.3 Å². The van der Waals surface area contributed by atoms with E-state index in [4.69, 9.17) is 5.73 Å². The zero-order chi connectivity index (χ0) is 8.55. The van der Waals surface area contributed by atoms with E-state index in [1.807, 2.05) is 36.0 Å². The molecular weight excluding hydrogens is 150 g/mol. The second-order valence-corrected chi connectivity index (χ2v) is 2.90. The van der Waals surface area contributed by atoms with Gasteiger partial charge in [-0.1, -0.05) is 0 Å². The molecule has 0 aliphatic rings. The Morgan fingerprint density at radius 3 is 3.08 bits per heavy atom. The highest BCUT2D eigenvalue weighted by Crippen LogP contribution is 2.15. The molecule has 62 valence electrons. The molecule has 0 radical (unpaired) electrons. The molecule has 0 saturated carbocycles. The van der Waals surface area contributed by atoms with Crippen LogP contribution in [0.5, 0.6) is 0 Å². The third kappa shape index (κ3) is 0.987. The quantitative estimate of drug-likeness (QED) is 0.689. The van der Waals surface area contributed by atoms with Crippen LogP contribution in [0.3, 0.4) is 0 Å². The minimum Gasteiger partial charge on any atom is -0.332 e. The van der Waals surface area contributed by atoms with Gasteiger partial charge in [0.25, 0.3) is 0 Å². The van der Waals surface area contributed by atoms with Crippen LogP contribution in [-0.4, -0.2) is 9.55 Å². The number of aromatic nitrogens is 2. The first-order valence-electron chi connectivity index (χ1n) is 3.95. The number of pyridine rings is 1. The van der Waals surface area contributed by atoms with E-state index in [1.54, 1.807) is 6.20 Å². The van der Waals surface area contributed by atoms with E-state index in [0.29, 0.717) is 0 Å². The maximum atomic E-state index is 5.77. The monoisotopic (exact) mass is 161 g/mol. The Bertz CT molecular complexity index is 389. The Labute approximate surface area is 70.8 Å². The first kappa shape index (κ1) is 7.31. The summed E-state index contributed by atoms with van der Waals surface area (Å²) in [6.45, 7) is 1.96. The molecule has 0 bridgehead atoms. The minimum absolute atomic E-state index is 0.0184. The molecule has 2 rings (SSSR count). The molecule has 0 saturated heterocycles. The van der Waals surface area contributed by atoms with Gasteiger partial charge in [-0.3, -0.25) is 4.98 Å². The average molecular weight is 161 g/mol. The average Bonchev–Trinajstić information content (AvgIpc) is 2.47. The Morgan fingerprint density at radius 1 is 1.50 bits per heavy atom. The van der Waals surface area contributed by atoms with Crippen molar-refractivity contribution in [3.63, 3.8) is 0 Å². The Balaban J connectivity index is 2.70. The lowest BCUT2D eigenvalue weighted by Gasteiger charge is -2.08. The molecule has 3 heteroatoms. The zero-order valence-electron chi connectivity index (χ0n) is 6.94. The number of nitrogens with two attached hydrogens (primary N) is 1. The van der Waals surface area contributed by atoms with Gasteiger partial charge in [0, 0.05) is 24.0 Å². The largest absolute Gasteiger partial charge is 0.332 e. The summed E-state index contributed by atoms with van der Waals surface area (Å²) in [4.78, 5) is 4.03. The van der Waals surface area contributed by atoms with Gasteiger partial charge in [-0.15, -0.1) is 0 Å². The minimum atomic E-state index is 0.0184. The fourth-order valence-corrected chi connectivity index (χ4v) is 1.36. The highest BCUT2D eigenvalue weighted by atomic mass is 15.1. The summed E-state index contributed by atoms with van der Waals surface area (Å²) in [7, 11) is 0. The van der Waals surface area contributed by atoms with E-state index in [-0.39, 0.29) is 6.17 Å². The summed E-state index contributed by atoms with van der Waals surface area (Å²) in [6.07, 6.45) is 5.62. The normalized spacial score (nSPS) is 13.5. The van der Waals surface area contributed by atoms with E-state index >= 15 is 0 Å². The maximum absolute atomic E-state index is 5.77. The first-order valence-corrected chi connectivity index (χ1v) is 3.95. The molecule has 1 unspecified atom stereocenters. The molecule has 12 heavy (non-hydrogen) atoms. The van der Waals surface area contributed by atoms with Gasteiger partial charge >= 0.3 is 0 Å². The van der Waals surface area contributed by atoms with Crippen molar-refractivity contribution >= 4 is 10.9 Å². The molecule has 0 aromatic carbocycles. The second kappa shape index (κ2) is 2.60. The second-order valence-electron chi connectivity index (χ2n) is 2.90. The van der Waals surface area contributed by atoms with Crippen molar-refractivity contribution in [3.8, 4) is 0 Å². The molecule has 0 amide bonds. The molecular formula is C9H11N3. The van der Waals surface area contributed by atoms with E-state index in [9.17, 15) is 0 Å². The summed E-state index contributed by atoms with van der Waals surface area (Å²) >= 11 is 0. The Kier molecular flexibility index (Phi) is 1.59. The van der Waals surface area contributed by atoms with Crippen LogP contribution in [0, 0.1) is 0 Å². The summed E-state index contributed by atoms with van der Waals surface area (Å²) in [6, 6.07) is 3.99. The molecule has 0 aliphatic carbocycles. The third-order valence-corrected chi connectivity index (χ3v) is 1.96. The van der Waals surface area contributed by atoms with Crippen LogP contribution >= 0.6 is 0 Å². The number of hydrogen-bond acceptors (Lipinski definition) is 2. The van der Waals surface area contributed by atoms with Crippen LogP contribution in [-0.2, 0) is 0 Å². The maximum Gasteiger partial charge on any atom is 0.0786 e. The molecule has 3 nitrogen and oxygen atoms in total. The van der Waals surface area contributed by atoms with Crippen LogP contribution in [0.2, 0.25) is 0 Å². The van der Waals surface area contributed by atoms with Gasteiger partial charge in [0.15, 0.2) is 0 Å². The lowest BCUT2D eigenvalue weighted by molar-refractivity contribution is 0.592. The molecule has 0 aliphatic heterocycles. The van der Waals surface area contributed by atoms with Gasteiger partial charge in [0.2, 0.25) is 0 Å². The smallest absolute Gasteiger partial charge is 0.0786 e. The summed E-state index contributed by atoms with van der Waals surface area (Å²) < 4.78 is 2.02. The van der Waals surface area contributed by atoms with Crippen LogP contribution in [0.25, 0.3) is 10.9 Å². The van der Waals surface area contributed by atoms with Crippen molar-refractivity contribution in [2.75, 3.05) is 0 Å². The number of rotatable bonds is 1. The van der Waals surface area contributed by atoms with E-state index in [2.05, 4.69) is 4.98 Å². The van der Waals surface area contributed by atoms with Crippen molar-refractivity contribution in [1.29, 1.82) is 0 Å². The lowest BCUT2D eigenvalue weighted by Crippen LogP contribution is -2.12. The number of nitrogens with zero attached hydrogens (tertiary/aromatic N) is 2. The fourth-order valence-electron chi connectivity index (χ4n) is 1.36. The summed E-state index contributed by atoms with van der Waals surface area (Å²) in [5.41, 5.74) is 6.91. The molecule has 0 spiro atoms. The topological polar surface area (TPSA) is 43.8 Å². The van der Waals surface area contributed by atoms with Crippen molar-refractivity contribution in [1.82, 2.24) is 9.55 Å². The Hall–Kier alpha value is -1.35. The molecule has 2 aromatic heterocycles. The summed E-state index contributed by atoms with van der Waals surface area (Å²) in [5, 5.41) is 1.13. The first-order chi connectivity index (χ1) is 5.79. The standard InChI is InChI=1S/C9H11N3/c1-7(10)12-5-3-8-6-11-4-2-9(8)12/h2-7H,10H2,1H3. The van der Waals surface area contributed by atoms with Gasteiger partial charge in [0.05, 0.1) is 11.7 Å². The van der Waals surface area contributed by atoms with Crippen LogP contribution < -0.4 is 5.73 Å². The molecule has 1 atom stereocenters. The van der Waals surface area contributed by atoms with Crippen LogP contribution in [0.1, 0.15) is 13.1 Å². The zero-order valence-corrected chi connectivity index (χ0v) is 6.94. The third-order valence-electron chi connectivity index (χ3n) is 1.96. The van der Waals surface area contributed by atoms with Crippen molar-refractivity contribution in [2.45, 2.75) is 13.1 Å². The van der Waals surface area contributed by atoms with Crippen LogP contribution in [0.4, 0.5) is 0 Å². The Morgan fingerprint density at radius 2 is 2.33 bits per heavy atom. The van der Waals surface area contributed by atoms with E-state index in [0.717, 1.165) is 10.9 Å². The lowest BCUT2D eigenvalue weighted by atomic mass is 10.3. The highest BCUT2D eigenvalue weighted by Gasteiger charge is 2.02.